The Labute approximate surface area is 151 Å². The lowest BCUT2D eigenvalue weighted by Gasteiger charge is -2.46. The van der Waals surface area contributed by atoms with Crippen molar-refractivity contribution in [1.29, 1.82) is 0 Å². The first-order valence-electron chi connectivity index (χ1n) is 7.70. The maximum Gasteiger partial charge on any atom is 0.319 e. The van der Waals surface area contributed by atoms with Crippen LogP contribution in [0, 0.1) is 22.7 Å². The van der Waals surface area contributed by atoms with Gasteiger partial charge in [-0.05, 0) is 36.7 Å². The second-order valence-corrected chi connectivity index (χ2v) is 9.07. The molecule has 132 valence electrons. The molecule has 1 saturated heterocycles. The van der Waals surface area contributed by atoms with Gasteiger partial charge in [0, 0.05) is 5.41 Å². The molecule has 6 atom stereocenters. The van der Waals surface area contributed by atoms with Crippen molar-refractivity contribution >= 4 is 40.8 Å². The second kappa shape index (κ2) is 6.72. The van der Waals surface area contributed by atoms with E-state index in [9.17, 15) is 15.0 Å². The summed E-state index contributed by atoms with van der Waals surface area (Å²) < 4.78 is 4.38. The number of cyclic esters (lactones) is 1. The molecule has 1 heterocycles. The summed E-state index contributed by atoms with van der Waals surface area (Å²) in [6.45, 7) is 8.28. The number of hydrogen-bond acceptors (Lipinski definition) is 4. The molecule has 0 aromatic rings. The molecule has 0 aromatic carbocycles. The van der Waals surface area contributed by atoms with Crippen molar-refractivity contribution < 1.29 is 19.7 Å². The number of fused-ring (bicyclic) bond motifs is 1. The maximum absolute atomic E-state index is 12.2. The number of carbonyl (C=O) groups excluding carboxylic acids is 1. The highest BCUT2D eigenvalue weighted by molar-refractivity contribution is 6.63. The van der Waals surface area contributed by atoms with Crippen LogP contribution < -0.4 is 0 Å². The summed E-state index contributed by atoms with van der Waals surface area (Å²) in [6, 6.07) is 0. The van der Waals surface area contributed by atoms with Crippen LogP contribution in [0.15, 0.2) is 12.2 Å². The third-order valence-corrected chi connectivity index (χ3v) is 6.12. The fourth-order valence-corrected chi connectivity index (χ4v) is 4.66. The van der Waals surface area contributed by atoms with Gasteiger partial charge in [-0.15, -0.1) is 0 Å². The monoisotopic (exact) mass is 384 g/mol. The van der Waals surface area contributed by atoms with Crippen LogP contribution in [0.1, 0.15) is 33.1 Å². The molecule has 3 aliphatic rings. The van der Waals surface area contributed by atoms with E-state index in [1.165, 1.54) is 0 Å². The number of rotatable bonds is 0. The number of esters is 1. The van der Waals surface area contributed by atoms with Gasteiger partial charge < -0.3 is 14.9 Å². The molecule has 2 saturated carbocycles. The molecule has 2 aliphatic carbocycles. The number of halogens is 3. The predicted octanol–water partition coefficient (Wildman–Crippen LogP) is 3.25. The standard InChI is InChI=1S/C15H22O4.CHCl3/c1-8-4-11(16)5-10-6-15(12(17)14(8,10)3)9(2)7-19-13(15)18;2-1(3)4/h8,10-12,16-17H,2,4-7H2,1,3H3;1H/t8-,10+,11+,12-,14+,15+;/m0./s1. The molecule has 3 fully saturated rings. The topological polar surface area (TPSA) is 66.8 Å². The minimum absolute atomic E-state index is 0.142. The highest BCUT2D eigenvalue weighted by atomic mass is 35.6. The quantitative estimate of drug-likeness (QED) is 0.381. The summed E-state index contributed by atoms with van der Waals surface area (Å²) in [5.74, 6) is -0.0113. The van der Waals surface area contributed by atoms with E-state index in [0.29, 0.717) is 24.8 Å². The average molecular weight is 386 g/mol. The molecule has 7 heteroatoms. The van der Waals surface area contributed by atoms with Crippen LogP contribution in [0.4, 0.5) is 0 Å². The fraction of sp³-hybridized carbons (Fsp3) is 0.812. The largest absolute Gasteiger partial charge is 0.460 e. The van der Waals surface area contributed by atoms with Gasteiger partial charge in [0.25, 0.3) is 0 Å². The number of ether oxygens (including phenoxy) is 1. The Hall–Kier alpha value is -0.000000000000000111. The lowest BCUT2D eigenvalue weighted by atomic mass is 9.61. The lowest BCUT2D eigenvalue weighted by Crippen LogP contribution is -2.49. The Balaban J connectivity index is 0.000000433. The van der Waals surface area contributed by atoms with Crippen LogP contribution >= 0.6 is 34.8 Å². The van der Waals surface area contributed by atoms with E-state index in [2.05, 4.69) is 13.5 Å². The normalized spacial score (nSPS) is 45.7. The molecular formula is C16H23Cl3O4. The number of aliphatic hydroxyl groups is 2. The minimum atomic E-state index is -0.933. The Morgan fingerprint density at radius 1 is 1.30 bits per heavy atom. The molecule has 2 N–H and O–H groups in total. The highest BCUT2D eigenvalue weighted by Crippen LogP contribution is 2.64. The van der Waals surface area contributed by atoms with Crippen LogP contribution in [0.3, 0.4) is 0 Å². The van der Waals surface area contributed by atoms with E-state index < -0.39 is 15.8 Å². The molecule has 23 heavy (non-hydrogen) atoms. The van der Waals surface area contributed by atoms with Gasteiger partial charge in [0.05, 0.1) is 12.2 Å². The molecule has 0 radical (unpaired) electrons. The van der Waals surface area contributed by atoms with E-state index in [4.69, 9.17) is 39.5 Å². The molecule has 1 aliphatic heterocycles. The van der Waals surface area contributed by atoms with Crippen molar-refractivity contribution in [1.82, 2.24) is 0 Å². The molecule has 0 unspecified atom stereocenters. The number of carbonyl (C=O) groups is 1. The number of aliphatic hydroxyl groups excluding tert-OH is 2. The van der Waals surface area contributed by atoms with E-state index in [-0.39, 0.29) is 35.9 Å². The Kier molecular flexibility index (Phi) is 5.65. The highest BCUT2D eigenvalue weighted by Gasteiger charge is 2.69. The molecular weight excluding hydrogens is 363 g/mol. The van der Waals surface area contributed by atoms with Crippen molar-refractivity contribution in [2.24, 2.45) is 22.7 Å². The van der Waals surface area contributed by atoms with Crippen LogP contribution in [0.5, 0.6) is 0 Å². The SMILES string of the molecule is C=C1COC(=O)[C@]12C[C@H]1C[C@H](O)C[C@H](C)[C@@]1(C)[C@@H]2O.ClC(Cl)Cl. The molecule has 1 spiro atoms. The van der Waals surface area contributed by atoms with Gasteiger partial charge >= 0.3 is 5.97 Å². The molecule has 3 rings (SSSR count). The van der Waals surface area contributed by atoms with Crippen LogP contribution in [0.2, 0.25) is 0 Å². The van der Waals surface area contributed by atoms with E-state index in [0.717, 1.165) is 0 Å². The first kappa shape index (κ1) is 19.3. The van der Waals surface area contributed by atoms with E-state index in [1.807, 2.05) is 6.92 Å². The zero-order valence-corrected chi connectivity index (χ0v) is 15.5. The zero-order valence-electron chi connectivity index (χ0n) is 13.3. The van der Waals surface area contributed by atoms with Crippen molar-refractivity contribution in [2.45, 2.75) is 49.6 Å². The summed E-state index contributed by atoms with van der Waals surface area (Å²) in [4.78, 5) is 12.2. The molecule has 4 nitrogen and oxygen atoms in total. The summed E-state index contributed by atoms with van der Waals surface area (Å²) in [7, 11) is 0. The van der Waals surface area contributed by atoms with E-state index >= 15 is 0 Å². The molecule has 0 amide bonds. The van der Waals surface area contributed by atoms with Crippen molar-refractivity contribution in [2.75, 3.05) is 6.61 Å². The minimum Gasteiger partial charge on any atom is -0.460 e. The third kappa shape index (κ3) is 3.02. The van der Waals surface area contributed by atoms with Gasteiger partial charge in [-0.25, -0.2) is 0 Å². The Morgan fingerprint density at radius 2 is 1.87 bits per heavy atom. The molecule has 0 aromatic heterocycles. The smallest absolute Gasteiger partial charge is 0.319 e. The van der Waals surface area contributed by atoms with Crippen molar-refractivity contribution in [3.8, 4) is 0 Å². The van der Waals surface area contributed by atoms with Crippen molar-refractivity contribution in [3.63, 3.8) is 0 Å². The van der Waals surface area contributed by atoms with Gasteiger partial charge in [0.2, 0.25) is 0 Å². The maximum atomic E-state index is 12.2. The van der Waals surface area contributed by atoms with E-state index in [1.54, 1.807) is 0 Å². The van der Waals surface area contributed by atoms with Crippen LogP contribution in [-0.4, -0.2) is 39.3 Å². The second-order valence-electron chi connectivity index (χ2n) is 7.09. The van der Waals surface area contributed by atoms with Crippen LogP contribution in [-0.2, 0) is 9.53 Å². The van der Waals surface area contributed by atoms with Crippen LogP contribution in [0.25, 0.3) is 0 Å². The Bertz CT molecular complexity index is 477. The van der Waals surface area contributed by atoms with Crippen molar-refractivity contribution in [3.05, 3.63) is 12.2 Å². The van der Waals surface area contributed by atoms with Gasteiger partial charge in [-0.2, -0.15) is 0 Å². The number of hydrogen-bond donors (Lipinski definition) is 2. The van der Waals surface area contributed by atoms with Gasteiger partial charge in [-0.3, -0.25) is 4.79 Å². The summed E-state index contributed by atoms with van der Waals surface area (Å²) in [6.07, 6.45) is 0.808. The lowest BCUT2D eigenvalue weighted by molar-refractivity contribution is -0.153. The first-order valence-corrected chi connectivity index (χ1v) is 9.01. The molecule has 0 bridgehead atoms. The summed E-state index contributed by atoms with van der Waals surface area (Å²) in [5.41, 5.74) is -0.578. The average Bonchev–Trinajstić information content (AvgIpc) is 2.83. The van der Waals surface area contributed by atoms with Gasteiger partial charge in [-0.1, -0.05) is 55.2 Å². The summed E-state index contributed by atoms with van der Waals surface area (Å²) in [5, 5.41) is 20.9. The van der Waals surface area contributed by atoms with Gasteiger partial charge in [0.15, 0.2) is 4.30 Å². The number of alkyl halides is 3. The fourth-order valence-electron chi connectivity index (χ4n) is 4.66. The third-order valence-electron chi connectivity index (χ3n) is 6.12. The Morgan fingerprint density at radius 3 is 2.35 bits per heavy atom. The predicted molar refractivity (Wildman–Crippen MR) is 90.5 cm³/mol. The zero-order chi connectivity index (χ0) is 17.6. The summed E-state index contributed by atoms with van der Waals surface area (Å²) >= 11 is 14.4. The van der Waals surface area contributed by atoms with Gasteiger partial charge in [0.1, 0.15) is 12.0 Å². The first-order chi connectivity index (χ1) is 10.6.